The molecule has 9 heteroatoms. The summed E-state index contributed by atoms with van der Waals surface area (Å²) < 4.78 is 0. The highest BCUT2D eigenvalue weighted by Gasteiger charge is 2.67. The molecule has 1 aromatic rings. The maximum absolute atomic E-state index is 12.5. The first-order valence-corrected chi connectivity index (χ1v) is 10.1. The van der Waals surface area contributed by atoms with Gasteiger partial charge in [-0.05, 0) is 43.9 Å². The van der Waals surface area contributed by atoms with Gasteiger partial charge in [0, 0.05) is 30.6 Å². The summed E-state index contributed by atoms with van der Waals surface area (Å²) in [7, 11) is 0. The predicted molar refractivity (Wildman–Crippen MR) is 114 cm³/mol. The Hall–Kier alpha value is -1.08. The molecule has 0 radical (unpaired) electrons. The summed E-state index contributed by atoms with van der Waals surface area (Å²) in [6, 6.07) is 7.29. The van der Waals surface area contributed by atoms with Crippen LogP contribution in [0.15, 0.2) is 24.3 Å². The molecule has 28 heavy (non-hydrogen) atoms. The molecule has 1 saturated heterocycles. The van der Waals surface area contributed by atoms with Crippen LogP contribution >= 0.6 is 35.6 Å². The second-order valence-corrected chi connectivity index (χ2v) is 8.92. The van der Waals surface area contributed by atoms with Crippen molar-refractivity contribution in [1.29, 1.82) is 0 Å². The van der Waals surface area contributed by atoms with Gasteiger partial charge in [0.05, 0.1) is 22.6 Å². The van der Waals surface area contributed by atoms with Crippen molar-refractivity contribution in [3.8, 4) is 0 Å². The van der Waals surface area contributed by atoms with E-state index in [1.54, 1.807) is 12.1 Å². The van der Waals surface area contributed by atoms with Crippen LogP contribution in [0.2, 0.25) is 0 Å². The van der Waals surface area contributed by atoms with Crippen LogP contribution in [0.1, 0.15) is 45.1 Å². The van der Waals surface area contributed by atoms with Crippen molar-refractivity contribution in [2.75, 3.05) is 18.4 Å². The Bertz CT molecular complexity index is 727. The number of alkyl halides is 2. The van der Waals surface area contributed by atoms with Crippen molar-refractivity contribution >= 4 is 47.2 Å². The number of likely N-dealkylation sites (tertiary alicyclic amines) is 1. The Labute approximate surface area is 181 Å². The number of hydrogen-bond acceptors (Lipinski definition) is 4. The number of carbonyl (C=O) groups excluding carboxylic acids is 1. The van der Waals surface area contributed by atoms with Crippen LogP contribution in [0.3, 0.4) is 0 Å². The molecule has 0 bridgehead atoms. The van der Waals surface area contributed by atoms with Crippen LogP contribution in [-0.2, 0) is 10.2 Å². The van der Waals surface area contributed by atoms with Crippen LogP contribution in [0.25, 0.3) is 0 Å². The third-order valence-corrected chi connectivity index (χ3v) is 7.18. The van der Waals surface area contributed by atoms with Gasteiger partial charge in [0.15, 0.2) is 0 Å². The summed E-state index contributed by atoms with van der Waals surface area (Å²) in [4.78, 5) is 25.6. The van der Waals surface area contributed by atoms with Crippen LogP contribution in [-0.4, -0.2) is 45.2 Å². The molecule has 1 aliphatic carbocycles. The molecule has 4 unspecified atom stereocenters. The molecule has 2 fully saturated rings. The fourth-order valence-electron chi connectivity index (χ4n) is 4.74. The molecular formula is C19H26Cl3N3O3. The maximum Gasteiger partial charge on any atom is 0.288 e. The van der Waals surface area contributed by atoms with E-state index >= 15 is 0 Å². The number of benzene rings is 1. The lowest BCUT2D eigenvalue weighted by Crippen LogP contribution is -2.69. The first-order chi connectivity index (χ1) is 12.7. The van der Waals surface area contributed by atoms with Gasteiger partial charge in [-0.1, -0.05) is 12.1 Å². The van der Waals surface area contributed by atoms with Gasteiger partial charge in [0.1, 0.15) is 0 Å². The van der Waals surface area contributed by atoms with E-state index in [1.165, 1.54) is 6.92 Å². The lowest BCUT2D eigenvalue weighted by Gasteiger charge is -2.51. The van der Waals surface area contributed by atoms with E-state index in [1.807, 2.05) is 24.0 Å². The van der Waals surface area contributed by atoms with Crippen LogP contribution in [0.5, 0.6) is 0 Å². The van der Waals surface area contributed by atoms with Gasteiger partial charge < -0.3 is 5.32 Å². The van der Waals surface area contributed by atoms with E-state index in [4.69, 9.17) is 23.2 Å². The molecule has 1 N–H and O–H groups in total. The summed E-state index contributed by atoms with van der Waals surface area (Å²) in [5.41, 5.74) is -0.588. The average molecular weight is 451 g/mol. The first kappa shape index (κ1) is 23.2. The van der Waals surface area contributed by atoms with Crippen molar-refractivity contribution in [3.05, 3.63) is 39.9 Å². The van der Waals surface area contributed by atoms with Crippen molar-refractivity contribution in [1.82, 2.24) is 4.90 Å². The second-order valence-electron chi connectivity index (χ2n) is 7.80. The average Bonchev–Trinajstić information content (AvgIpc) is 3.12. The van der Waals surface area contributed by atoms with Gasteiger partial charge in [-0.15, -0.1) is 35.6 Å². The number of nitrogens with zero attached hydrogens (tertiary/aromatic N) is 2. The Kier molecular flexibility index (Phi) is 7.24. The van der Waals surface area contributed by atoms with Crippen molar-refractivity contribution in [2.24, 2.45) is 0 Å². The molecule has 0 aromatic heterocycles. The van der Waals surface area contributed by atoms with Gasteiger partial charge in [0.2, 0.25) is 5.91 Å². The Balaban J connectivity index is 0.00000280. The zero-order valence-electron chi connectivity index (χ0n) is 16.0. The van der Waals surface area contributed by atoms with Gasteiger partial charge in [-0.2, -0.15) is 0 Å². The topological polar surface area (TPSA) is 75.5 Å². The van der Waals surface area contributed by atoms with Gasteiger partial charge in [0.25, 0.3) is 5.66 Å². The molecule has 1 saturated carbocycles. The number of halogens is 3. The van der Waals surface area contributed by atoms with Crippen LogP contribution in [0.4, 0.5) is 5.69 Å². The third-order valence-electron chi connectivity index (χ3n) is 6.13. The molecule has 1 aliphatic heterocycles. The normalized spacial score (nSPS) is 33.1. The van der Waals surface area contributed by atoms with E-state index < -0.39 is 16.5 Å². The number of nitrogens with one attached hydrogen (secondary N) is 1. The number of anilines is 1. The summed E-state index contributed by atoms with van der Waals surface area (Å²) in [5.74, 6) is -0.158. The number of rotatable bonds is 4. The van der Waals surface area contributed by atoms with Crippen molar-refractivity contribution < 1.29 is 9.72 Å². The lowest BCUT2D eigenvalue weighted by atomic mass is 9.62. The number of amides is 1. The largest absolute Gasteiger partial charge is 0.326 e. The zero-order valence-corrected chi connectivity index (χ0v) is 18.3. The molecule has 156 valence electrons. The van der Waals surface area contributed by atoms with Crippen molar-refractivity contribution in [3.63, 3.8) is 0 Å². The Morgan fingerprint density at radius 2 is 1.71 bits per heavy atom. The molecular weight excluding hydrogens is 425 g/mol. The molecule has 4 atom stereocenters. The molecule has 1 heterocycles. The molecule has 2 aliphatic rings. The van der Waals surface area contributed by atoms with Gasteiger partial charge >= 0.3 is 0 Å². The summed E-state index contributed by atoms with van der Waals surface area (Å²) >= 11 is 13.0. The summed E-state index contributed by atoms with van der Waals surface area (Å²) in [5, 5.41) is 14.5. The minimum atomic E-state index is -1.29. The van der Waals surface area contributed by atoms with E-state index in [9.17, 15) is 14.9 Å². The monoisotopic (exact) mass is 449 g/mol. The summed E-state index contributed by atoms with van der Waals surface area (Å²) in [6.45, 7) is 4.76. The minimum Gasteiger partial charge on any atom is -0.326 e. The zero-order chi connectivity index (χ0) is 19.8. The van der Waals surface area contributed by atoms with E-state index in [0.29, 0.717) is 25.2 Å². The quantitative estimate of drug-likeness (QED) is 0.419. The standard InChI is InChI=1S/C19H25Cl2N3O3.ClH/c1-13(25)22-15-7-5-14(6-8-15)18(2)11-16(20)17(21)12-19(18,24(26)27)23-9-3-4-10-23;/h5-8,16-17H,3-4,9-12H2,1-2H3,(H,22,25);1H. The second kappa shape index (κ2) is 8.74. The van der Waals surface area contributed by atoms with E-state index in [0.717, 1.165) is 18.4 Å². The van der Waals surface area contributed by atoms with Gasteiger partial charge in [-0.25, -0.2) is 4.90 Å². The number of carbonyl (C=O) groups is 1. The Morgan fingerprint density at radius 3 is 2.21 bits per heavy atom. The minimum absolute atomic E-state index is 0. The molecule has 6 nitrogen and oxygen atoms in total. The van der Waals surface area contributed by atoms with E-state index in [2.05, 4.69) is 5.32 Å². The predicted octanol–water partition coefficient (Wildman–Crippen LogP) is 4.40. The number of hydrogen-bond donors (Lipinski definition) is 1. The molecule has 3 rings (SSSR count). The SMILES string of the molecule is CC(=O)Nc1ccc(C2(C)CC(Cl)C(Cl)CC2(N2CCCC2)[N+](=O)[O-])cc1.Cl. The first-order valence-electron chi connectivity index (χ1n) is 9.26. The van der Waals surface area contributed by atoms with E-state index in [-0.39, 0.29) is 35.0 Å². The van der Waals surface area contributed by atoms with Crippen LogP contribution < -0.4 is 5.32 Å². The smallest absolute Gasteiger partial charge is 0.288 e. The fourth-order valence-corrected chi connectivity index (χ4v) is 5.44. The highest BCUT2D eigenvalue weighted by molar-refractivity contribution is 6.30. The molecule has 1 amide bonds. The summed E-state index contributed by atoms with van der Waals surface area (Å²) in [6.07, 6.45) is 2.52. The van der Waals surface area contributed by atoms with Gasteiger partial charge in [-0.3, -0.25) is 14.9 Å². The van der Waals surface area contributed by atoms with Crippen molar-refractivity contribution in [2.45, 2.75) is 61.4 Å². The third kappa shape index (κ3) is 3.84. The molecule has 1 aromatic carbocycles. The highest BCUT2D eigenvalue weighted by atomic mass is 35.5. The molecule has 0 spiro atoms. The Morgan fingerprint density at radius 1 is 1.18 bits per heavy atom. The number of nitro groups is 1. The fraction of sp³-hybridized carbons (Fsp3) is 0.632. The lowest BCUT2D eigenvalue weighted by molar-refractivity contribution is -0.619. The van der Waals surface area contributed by atoms with Crippen LogP contribution in [0, 0.1) is 10.1 Å². The maximum atomic E-state index is 12.5. The highest BCUT2D eigenvalue weighted by Crippen LogP contribution is 2.53.